The molecule has 0 saturated carbocycles. The van der Waals surface area contributed by atoms with E-state index in [4.69, 9.17) is 14.9 Å². The summed E-state index contributed by atoms with van der Waals surface area (Å²) in [6.07, 6.45) is -0.764. The largest absolute Gasteiger partial charge is 0.496 e. The summed E-state index contributed by atoms with van der Waals surface area (Å²) in [5, 5.41) is 19.7. The van der Waals surface area contributed by atoms with Gasteiger partial charge in [0.1, 0.15) is 11.8 Å². The van der Waals surface area contributed by atoms with Gasteiger partial charge in [0, 0.05) is 5.56 Å². The van der Waals surface area contributed by atoms with Crippen LogP contribution in [-0.2, 0) is 20.8 Å². The second-order valence-electron chi connectivity index (χ2n) is 4.55. The second kappa shape index (κ2) is 7.28. The topological polar surface area (TPSA) is 113 Å². The van der Waals surface area contributed by atoms with Gasteiger partial charge >= 0.3 is 11.9 Å². The molecule has 0 spiro atoms. The Kier molecular flexibility index (Phi) is 5.71. The minimum atomic E-state index is -1.45. The zero-order valence-corrected chi connectivity index (χ0v) is 11.8. The Balaban J connectivity index is 2.78. The molecule has 1 rings (SSSR count). The fourth-order valence-corrected chi connectivity index (χ4v) is 1.84. The van der Waals surface area contributed by atoms with Gasteiger partial charge in [-0.25, -0.2) is 4.79 Å². The zero-order chi connectivity index (χ0) is 16.0. The molecule has 7 heteroatoms. The van der Waals surface area contributed by atoms with Crippen molar-refractivity contribution < 1.29 is 29.3 Å². The first-order valence-electron chi connectivity index (χ1n) is 6.21. The zero-order valence-electron chi connectivity index (χ0n) is 11.8. The van der Waals surface area contributed by atoms with Crippen LogP contribution in [0.3, 0.4) is 0 Å². The van der Waals surface area contributed by atoms with Crippen LogP contribution < -0.4 is 10.1 Å². The van der Waals surface area contributed by atoms with Gasteiger partial charge in [-0.05, 0) is 13.0 Å². The molecule has 0 radical (unpaired) electrons. The van der Waals surface area contributed by atoms with E-state index in [1.807, 2.05) is 13.0 Å². The molecular formula is C14H17NO6. The average Bonchev–Trinajstić information content (AvgIpc) is 2.37. The molecule has 114 valence electrons. The predicted octanol–water partition coefficient (Wildman–Crippen LogP) is 0.590. The quantitative estimate of drug-likeness (QED) is 0.678. The van der Waals surface area contributed by atoms with Gasteiger partial charge in [-0.1, -0.05) is 17.7 Å². The van der Waals surface area contributed by atoms with Crippen LogP contribution in [0, 0.1) is 6.92 Å². The average molecular weight is 295 g/mol. The molecule has 0 bridgehead atoms. The first kappa shape index (κ1) is 16.5. The third kappa shape index (κ3) is 5.13. The van der Waals surface area contributed by atoms with Gasteiger partial charge in [-0.15, -0.1) is 0 Å². The minimum absolute atomic E-state index is 0.0890. The lowest BCUT2D eigenvalue weighted by atomic mass is 10.1. The van der Waals surface area contributed by atoms with Crippen LogP contribution in [0.2, 0.25) is 0 Å². The summed E-state index contributed by atoms with van der Waals surface area (Å²) in [6, 6.07) is 3.84. The highest BCUT2D eigenvalue weighted by molar-refractivity contribution is 5.87. The van der Waals surface area contributed by atoms with Crippen LogP contribution in [-0.4, -0.2) is 41.2 Å². The van der Waals surface area contributed by atoms with Gasteiger partial charge in [0.05, 0.1) is 20.0 Å². The Morgan fingerprint density at radius 1 is 1.29 bits per heavy atom. The summed E-state index contributed by atoms with van der Waals surface area (Å²) in [5.41, 5.74) is 1.54. The molecule has 0 saturated heterocycles. The van der Waals surface area contributed by atoms with Gasteiger partial charge in [0.15, 0.2) is 0 Å². The standard InChI is InChI=1S/C14H17NO6/c1-8-3-4-11(21-2)9(5-8)6-12(16)15-10(14(19)20)7-13(17)18/h3-5,10H,6-7H2,1-2H3,(H,15,16)(H,17,18)(H,19,20)/t10-/m1/s1. The maximum Gasteiger partial charge on any atom is 0.326 e. The van der Waals surface area contributed by atoms with Gasteiger partial charge in [0.25, 0.3) is 0 Å². The van der Waals surface area contributed by atoms with E-state index >= 15 is 0 Å². The van der Waals surface area contributed by atoms with Crippen molar-refractivity contribution in [2.24, 2.45) is 0 Å². The number of aliphatic carboxylic acids is 2. The molecule has 3 N–H and O–H groups in total. The number of hydrogen-bond acceptors (Lipinski definition) is 4. The van der Waals surface area contributed by atoms with Gasteiger partial charge in [-0.2, -0.15) is 0 Å². The SMILES string of the molecule is COc1ccc(C)cc1CC(=O)N[C@H](CC(=O)O)C(=O)O. The molecule has 0 aliphatic heterocycles. The highest BCUT2D eigenvalue weighted by atomic mass is 16.5. The van der Waals surface area contributed by atoms with Crippen LogP contribution in [0.5, 0.6) is 5.75 Å². The van der Waals surface area contributed by atoms with E-state index in [2.05, 4.69) is 5.32 Å². The number of carboxylic acids is 2. The van der Waals surface area contributed by atoms with Crippen LogP contribution in [0.1, 0.15) is 17.5 Å². The molecule has 0 fully saturated rings. The van der Waals surface area contributed by atoms with Crippen LogP contribution in [0.15, 0.2) is 18.2 Å². The first-order chi connectivity index (χ1) is 9.83. The second-order valence-corrected chi connectivity index (χ2v) is 4.55. The van der Waals surface area contributed by atoms with Crippen LogP contribution >= 0.6 is 0 Å². The summed E-state index contributed by atoms with van der Waals surface area (Å²) < 4.78 is 5.13. The van der Waals surface area contributed by atoms with Crippen molar-refractivity contribution in [1.82, 2.24) is 5.32 Å². The van der Waals surface area contributed by atoms with Gasteiger partial charge < -0.3 is 20.3 Å². The Morgan fingerprint density at radius 2 is 1.95 bits per heavy atom. The highest BCUT2D eigenvalue weighted by Gasteiger charge is 2.23. The number of amides is 1. The number of nitrogens with one attached hydrogen (secondary N) is 1. The normalized spacial score (nSPS) is 11.5. The summed E-state index contributed by atoms with van der Waals surface area (Å²) in [7, 11) is 1.47. The molecule has 7 nitrogen and oxygen atoms in total. The number of carbonyl (C=O) groups is 3. The number of ether oxygens (including phenoxy) is 1. The number of rotatable bonds is 7. The van der Waals surface area contributed by atoms with E-state index in [-0.39, 0.29) is 6.42 Å². The predicted molar refractivity (Wildman–Crippen MR) is 73.3 cm³/mol. The summed E-state index contributed by atoms with van der Waals surface area (Å²) >= 11 is 0. The van der Waals surface area contributed by atoms with E-state index in [9.17, 15) is 14.4 Å². The van der Waals surface area contributed by atoms with Gasteiger partial charge in [-0.3, -0.25) is 9.59 Å². The lowest BCUT2D eigenvalue weighted by Crippen LogP contribution is -2.42. The number of carboxylic acid groups (broad SMARTS) is 2. The molecule has 1 aromatic rings. The lowest BCUT2D eigenvalue weighted by molar-refractivity contribution is -0.147. The summed E-state index contributed by atoms with van der Waals surface area (Å²) in [6.45, 7) is 1.85. The van der Waals surface area contributed by atoms with Crippen LogP contribution in [0.25, 0.3) is 0 Å². The molecule has 21 heavy (non-hydrogen) atoms. The smallest absolute Gasteiger partial charge is 0.326 e. The fraction of sp³-hybridized carbons (Fsp3) is 0.357. The van der Waals surface area contributed by atoms with E-state index in [0.717, 1.165) is 5.56 Å². The molecule has 1 atom stereocenters. The number of methoxy groups -OCH3 is 1. The number of carbonyl (C=O) groups excluding carboxylic acids is 1. The molecule has 0 aliphatic carbocycles. The van der Waals surface area contributed by atoms with Crippen molar-refractivity contribution in [3.8, 4) is 5.75 Å². The van der Waals surface area contributed by atoms with E-state index in [1.165, 1.54) is 7.11 Å². The Labute approximate surface area is 121 Å². The van der Waals surface area contributed by atoms with E-state index in [1.54, 1.807) is 12.1 Å². The highest BCUT2D eigenvalue weighted by Crippen LogP contribution is 2.20. The molecular weight excluding hydrogens is 278 g/mol. The van der Waals surface area contributed by atoms with Crippen LogP contribution in [0.4, 0.5) is 0 Å². The molecule has 0 aliphatic rings. The molecule has 0 heterocycles. The minimum Gasteiger partial charge on any atom is -0.496 e. The van der Waals surface area contributed by atoms with Crippen molar-refractivity contribution in [2.45, 2.75) is 25.8 Å². The van der Waals surface area contributed by atoms with E-state index in [0.29, 0.717) is 11.3 Å². The Morgan fingerprint density at radius 3 is 2.48 bits per heavy atom. The van der Waals surface area contributed by atoms with Crippen molar-refractivity contribution in [2.75, 3.05) is 7.11 Å². The Hall–Kier alpha value is -2.57. The molecule has 0 unspecified atom stereocenters. The fourth-order valence-electron chi connectivity index (χ4n) is 1.84. The monoisotopic (exact) mass is 295 g/mol. The first-order valence-corrected chi connectivity index (χ1v) is 6.21. The van der Waals surface area contributed by atoms with Crippen molar-refractivity contribution in [3.63, 3.8) is 0 Å². The number of aryl methyl sites for hydroxylation is 1. The molecule has 1 amide bonds. The van der Waals surface area contributed by atoms with Crippen molar-refractivity contribution >= 4 is 17.8 Å². The maximum absolute atomic E-state index is 11.9. The summed E-state index contributed by atoms with van der Waals surface area (Å²) in [5.74, 6) is -2.74. The number of benzene rings is 1. The van der Waals surface area contributed by atoms with Crippen molar-refractivity contribution in [3.05, 3.63) is 29.3 Å². The molecule has 1 aromatic carbocycles. The Bertz CT molecular complexity index is 554. The number of hydrogen-bond donors (Lipinski definition) is 3. The third-order valence-electron chi connectivity index (χ3n) is 2.80. The summed E-state index contributed by atoms with van der Waals surface area (Å²) in [4.78, 5) is 33.3. The van der Waals surface area contributed by atoms with Gasteiger partial charge in [0.2, 0.25) is 5.91 Å². The third-order valence-corrected chi connectivity index (χ3v) is 2.80. The van der Waals surface area contributed by atoms with E-state index < -0.39 is 30.3 Å². The lowest BCUT2D eigenvalue weighted by Gasteiger charge is -2.14. The van der Waals surface area contributed by atoms with Crippen molar-refractivity contribution in [1.29, 1.82) is 0 Å². The maximum atomic E-state index is 11.9. The molecule has 0 aromatic heterocycles.